The van der Waals surface area contributed by atoms with Crippen LogP contribution in [0.5, 0.6) is 0 Å². The maximum absolute atomic E-state index is 5.12. The van der Waals surface area contributed by atoms with Crippen molar-refractivity contribution in [3.05, 3.63) is 199 Å². The first kappa shape index (κ1) is 30.8. The zero-order valence-corrected chi connectivity index (χ0v) is 28.9. The van der Waals surface area contributed by atoms with E-state index in [9.17, 15) is 0 Å². The van der Waals surface area contributed by atoms with E-state index in [0.717, 1.165) is 80.7 Å². The molecule has 0 saturated carbocycles. The molecule has 7 heteroatoms. The number of allylic oxidation sites excluding steroid dienone is 3. The molecule has 0 spiro atoms. The van der Waals surface area contributed by atoms with E-state index in [1.54, 1.807) is 0 Å². The summed E-state index contributed by atoms with van der Waals surface area (Å²) in [6, 6.07) is 48.7. The zero-order chi connectivity index (χ0) is 35.1. The molecule has 254 valence electrons. The molecule has 1 aliphatic rings. The number of pyridine rings is 2. The highest BCUT2D eigenvalue weighted by molar-refractivity contribution is 5.82. The van der Waals surface area contributed by atoms with E-state index in [4.69, 9.17) is 15.0 Å². The highest BCUT2D eigenvalue weighted by atomic mass is 15.1. The van der Waals surface area contributed by atoms with E-state index in [-0.39, 0.29) is 5.92 Å². The molecule has 0 saturated heterocycles. The predicted octanol–water partition coefficient (Wildman–Crippen LogP) is 10.5. The van der Waals surface area contributed by atoms with E-state index >= 15 is 0 Å². The summed E-state index contributed by atoms with van der Waals surface area (Å²) in [5.41, 5.74) is 12.7. The summed E-state index contributed by atoms with van der Waals surface area (Å²) in [7, 11) is 0. The summed E-state index contributed by atoms with van der Waals surface area (Å²) in [6.45, 7) is 0.744. The van der Waals surface area contributed by atoms with Crippen molar-refractivity contribution in [1.82, 2.24) is 28.3 Å². The number of imidazole rings is 3. The van der Waals surface area contributed by atoms with Crippen LogP contribution in [0.15, 0.2) is 188 Å². The lowest BCUT2D eigenvalue weighted by Gasteiger charge is -2.29. The molecule has 1 aliphatic carbocycles. The maximum atomic E-state index is 5.12. The number of anilines is 2. The maximum Gasteiger partial charge on any atom is 0.141 e. The van der Waals surface area contributed by atoms with Gasteiger partial charge < -0.3 is 18.3 Å². The fourth-order valence-electron chi connectivity index (χ4n) is 7.41. The van der Waals surface area contributed by atoms with Gasteiger partial charge in [0.25, 0.3) is 0 Å². The molecule has 7 nitrogen and oxygen atoms in total. The predicted molar refractivity (Wildman–Crippen MR) is 213 cm³/mol. The molecule has 5 heterocycles. The minimum absolute atomic E-state index is 0.206. The van der Waals surface area contributed by atoms with Gasteiger partial charge in [0.1, 0.15) is 17.1 Å². The highest BCUT2D eigenvalue weighted by Gasteiger charge is 2.21. The molecule has 0 aliphatic heterocycles. The molecule has 4 aromatic carbocycles. The van der Waals surface area contributed by atoms with Gasteiger partial charge in [-0.05, 0) is 90.9 Å². The van der Waals surface area contributed by atoms with Crippen LogP contribution < -0.4 is 4.90 Å². The molecule has 0 bridgehead atoms. The summed E-state index contributed by atoms with van der Waals surface area (Å²) < 4.78 is 6.47. The molecule has 0 fully saturated rings. The van der Waals surface area contributed by atoms with Gasteiger partial charge >= 0.3 is 0 Å². The Kier molecular flexibility index (Phi) is 7.53. The molecule has 0 amide bonds. The van der Waals surface area contributed by atoms with E-state index in [1.165, 1.54) is 5.56 Å². The van der Waals surface area contributed by atoms with E-state index < -0.39 is 0 Å². The third-order valence-electron chi connectivity index (χ3n) is 10.1. The molecule has 0 radical (unpaired) electrons. The summed E-state index contributed by atoms with van der Waals surface area (Å²) in [6.07, 6.45) is 16.0. The quantitative estimate of drug-likeness (QED) is 0.160. The monoisotopic (exact) mass is 685 g/mol. The molecular weight excluding hydrogens is 651 g/mol. The van der Waals surface area contributed by atoms with Crippen LogP contribution in [0.1, 0.15) is 23.6 Å². The van der Waals surface area contributed by atoms with Gasteiger partial charge in [-0.15, -0.1) is 0 Å². The number of para-hydroxylation sites is 2. The fourth-order valence-corrected chi connectivity index (χ4v) is 7.41. The van der Waals surface area contributed by atoms with Gasteiger partial charge in [0.2, 0.25) is 0 Å². The van der Waals surface area contributed by atoms with Crippen LogP contribution in [-0.2, 0) is 6.54 Å². The Morgan fingerprint density at radius 2 is 1.26 bits per heavy atom. The fraction of sp³-hybridized carbons (Fsp3) is 0.0652. The highest BCUT2D eigenvalue weighted by Crippen LogP contribution is 2.37. The molecule has 53 heavy (non-hydrogen) atoms. The molecule has 0 N–H and O–H groups in total. The first-order chi connectivity index (χ1) is 26.2. The smallest absolute Gasteiger partial charge is 0.141 e. The largest absolute Gasteiger partial charge is 0.319 e. The number of aromatic nitrogens is 6. The standard InChI is InChI=1S/C46H35N7/c1-2-10-33(11-3-1)30-52-43-13-5-4-12-40(43)49-46(52)36-20-26-39(27-21-36)53(37-22-16-34(17-23-37)41-31-50-28-8-6-14-44(50)47-41)38-24-18-35(19-25-38)42-32-51-29-9-7-15-45(51)48-42/h1-18,20-29,31-32,35H,19,30H2. The number of nitrogens with zero attached hydrogens (tertiary/aromatic N) is 7. The first-order valence-corrected chi connectivity index (χ1v) is 18.0. The Morgan fingerprint density at radius 1 is 0.604 bits per heavy atom. The minimum Gasteiger partial charge on any atom is -0.319 e. The molecular formula is C46H35N7. The average molecular weight is 686 g/mol. The zero-order valence-electron chi connectivity index (χ0n) is 28.9. The lowest BCUT2D eigenvalue weighted by atomic mass is 9.95. The number of hydrogen-bond acceptors (Lipinski definition) is 4. The van der Waals surface area contributed by atoms with Crippen LogP contribution in [-0.4, -0.2) is 28.3 Å². The van der Waals surface area contributed by atoms with Crippen molar-refractivity contribution in [1.29, 1.82) is 0 Å². The summed E-state index contributed by atoms with van der Waals surface area (Å²) in [4.78, 5) is 17.2. The van der Waals surface area contributed by atoms with Gasteiger partial charge in [-0.25, -0.2) is 15.0 Å². The van der Waals surface area contributed by atoms with Crippen LogP contribution in [0.2, 0.25) is 0 Å². The molecule has 1 unspecified atom stereocenters. The van der Waals surface area contributed by atoms with Gasteiger partial charge in [0, 0.05) is 65.4 Å². The topological polar surface area (TPSA) is 55.7 Å². The van der Waals surface area contributed by atoms with Crippen molar-refractivity contribution in [3.8, 4) is 22.6 Å². The number of fused-ring (bicyclic) bond motifs is 3. The Hall–Kier alpha value is -6.99. The van der Waals surface area contributed by atoms with Gasteiger partial charge in [-0.3, -0.25) is 0 Å². The normalized spacial score (nSPS) is 14.3. The van der Waals surface area contributed by atoms with Crippen molar-refractivity contribution < 1.29 is 0 Å². The summed E-state index contributed by atoms with van der Waals surface area (Å²) in [5, 5.41) is 0. The average Bonchev–Trinajstić information content (AvgIpc) is 3.95. The van der Waals surface area contributed by atoms with Gasteiger partial charge in [-0.2, -0.15) is 0 Å². The summed E-state index contributed by atoms with van der Waals surface area (Å²) >= 11 is 0. The number of rotatable bonds is 8. The van der Waals surface area contributed by atoms with Gasteiger partial charge in [0.15, 0.2) is 0 Å². The minimum atomic E-state index is 0.206. The van der Waals surface area contributed by atoms with Crippen molar-refractivity contribution in [2.75, 3.05) is 4.90 Å². The third kappa shape index (κ3) is 5.78. The van der Waals surface area contributed by atoms with Crippen LogP contribution >= 0.6 is 0 Å². The van der Waals surface area contributed by atoms with E-state index in [2.05, 4.69) is 164 Å². The van der Waals surface area contributed by atoms with Crippen LogP contribution in [0, 0.1) is 0 Å². The van der Waals surface area contributed by atoms with Crippen molar-refractivity contribution >= 4 is 33.7 Å². The first-order valence-electron chi connectivity index (χ1n) is 18.0. The van der Waals surface area contributed by atoms with Crippen LogP contribution in [0.4, 0.5) is 11.4 Å². The van der Waals surface area contributed by atoms with Crippen LogP contribution in [0.25, 0.3) is 45.0 Å². The SMILES string of the molecule is C1=CC(c2cn3ccccc3n2)CC=C1N(c1ccc(-c2cn3ccccc3n2)cc1)c1ccc(-c2nc3ccccc3n2Cc2ccccc2)cc1. The van der Waals surface area contributed by atoms with Crippen molar-refractivity contribution in [3.63, 3.8) is 0 Å². The Morgan fingerprint density at radius 3 is 1.96 bits per heavy atom. The van der Waals surface area contributed by atoms with Crippen molar-refractivity contribution in [2.45, 2.75) is 18.9 Å². The number of benzene rings is 4. The molecule has 9 aromatic rings. The van der Waals surface area contributed by atoms with E-state index in [1.807, 2.05) is 36.5 Å². The van der Waals surface area contributed by atoms with Gasteiger partial charge in [-0.1, -0.05) is 78.9 Å². The van der Waals surface area contributed by atoms with Gasteiger partial charge in [0.05, 0.1) is 22.4 Å². The Balaban J connectivity index is 1.01. The van der Waals surface area contributed by atoms with E-state index in [0.29, 0.717) is 0 Å². The lowest BCUT2D eigenvalue weighted by Crippen LogP contribution is -2.17. The number of hydrogen-bond donors (Lipinski definition) is 0. The third-order valence-corrected chi connectivity index (χ3v) is 10.1. The second-order valence-corrected chi connectivity index (χ2v) is 13.5. The second-order valence-electron chi connectivity index (χ2n) is 13.5. The molecule has 1 atom stereocenters. The lowest BCUT2D eigenvalue weighted by molar-refractivity contribution is 0.814. The van der Waals surface area contributed by atoms with Crippen molar-refractivity contribution in [2.24, 2.45) is 0 Å². The van der Waals surface area contributed by atoms with Crippen LogP contribution in [0.3, 0.4) is 0 Å². The second kappa shape index (κ2) is 13.0. The summed E-state index contributed by atoms with van der Waals surface area (Å²) in [5.74, 6) is 1.16. The Labute approximate surface area is 307 Å². The molecule has 10 rings (SSSR count). The Bertz CT molecular complexity index is 2720. The molecule has 5 aromatic heterocycles.